The standard InChI is InChI=1S/C6H7N5O/c1-3-9-4-5(10-3)7-2-8-6(4)11-12/h2,12H,1H3,(H2,7,8,9,10,11). The molecule has 0 aliphatic heterocycles. The summed E-state index contributed by atoms with van der Waals surface area (Å²) in [7, 11) is 0. The largest absolute Gasteiger partial charge is 0.338 e. The summed E-state index contributed by atoms with van der Waals surface area (Å²) >= 11 is 0. The molecule has 0 saturated heterocycles. The average molecular weight is 165 g/mol. The second kappa shape index (κ2) is 2.42. The van der Waals surface area contributed by atoms with E-state index in [0.717, 1.165) is 5.82 Å². The van der Waals surface area contributed by atoms with Gasteiger partial charge in [-0.1, -0.05) is 0 Å². The van der Waals surface area contributed by atoms with E-state index in [0.29, 0.717) is 17.0 Å². The highest BCUT2D eigenvalue weighted by Gasteiger charge is 2.05. The third-order valence-corrected chi connectivity index (χ3v) is 1.51. The fourth-order valence-corrected chi connectivity index (χ4v) is 1.03. The van der Waals surface area contributed by atoms with Crippen molar-refractivity contribution in [2.45, 2.75) is 6.92 Å². The zero-order chi connectivity index (χ0) is 8.55. The van der Waals surface area contributed by atoms with Crippen LogP contribution < -0.4 is 5.48 Å². The van der Waals surface area contributed by atoms with Crippen molar-refractivity contribution in [2.75, 3.05) is 5.48 Å². The maximum atomic E-state index is 8.66. The molecule has 2 aromatic heterocycles. The molecule has 62 valence electrons. The number of hydrogen-bond acceptors (Lipinski definition) is 5. The minimum Gasteiger partial charge on any atom is -0.338 e. The van der Waals surface area contributed by atoms with Gasteiger partial charge in [0, 0.05) is 0 Å². The summed E-state index contributed by atoms with van der Waals surface area (Å²) < 4.78 is 0. The second-order valence-electron chi connectivity index (χ2n) is 2.35. The van der Waals surface area contributed by atoms with Gasteiger partial charge >= 0.3 is 0 Å². The zero-order valence-corrected chi connectivity index (χ0v) is 6.37. The molecular formula is C6H7N5O. The first-order valence-corrected chi connectivity index (χ1v) is 3.38. The van der Waals surface area contributed by atoms with Gasteiger partial charge in [0.2, 0.25) is 0 Å². The van der Waals surface area contributed by atoms with Gasteiger partial charge in [0.15, 0.2) is 11.5 Å². The van der Waals surface area contributed by atoms with E-state index in [4.69, 9.17) is 5.21 Å². The van der Waals surface area contributed by atoms with Crippen LogP contribution in [0.15, 0.2) is 6.33 Å². The number of rotatable bonds is 1. The van der Waals surface area contributed by atoms with E-state index in [1.54, 1.807) is 0 Å². The molecule has 0 radical (unpaired) electrons. The van der Waals surface area contributed by atoms with Crippen LogP contribution in [0.3, 0.4) is 0 Å². The van der Waals surface area contributed by atoms with Crippen molar-refractivity contribution >= 4 is 17.0 Å². The third-order valence-electron chi connectivity index (χ3n) is 1.51. The Balaban J connectivity index is 2.78. The number of aryl methyl sites for hydroxylation is 1. The van der Waals surface area contributed by atoms with Gasteiger partial charge in [0.25, 0.3) is 0 Å². The second-order valence-corrected chi connectivity index (χ2v) is 2.35. The molecule has 0 aliphatic carbocycles. The smallest absolute Gasteiger partial charge is 0.183 e. The summed E-state index contributed by atoms with van der Waals surface area (Å²) in [5, 5.41) is 8.66. The van der Waals surface area contributed by atoms with Crippen LogP contribution >= 0.6 is 0 Å². The first kappa shape index (κ1) is 6.99. The van der Waals surface area contributed by atoms with Crippen LogP contribution in [0, 0.1) is 6.92 Å². The van der Waals surface area contributed by atoms with Crippen molar-refractivity contribution < 1.29 is 5.21 Å². The Bertz CT molecular complexity index is 409. The lowest BCUT2D eigenvalue weighted by Gasteiger charge is -1.95. The molecule has 0 aliphatic rings. The molecule has 6 nitrogen and oxygen atoms in total. The number of aromatic amines is 1. The molecule has 0 fully saturated rings. The van der Waals surface area contributed by atoms with Crippen LogP contribution in [0.1, 0.15) is 5.82 Å². The lowest BCUT2D eigenvalue weighted by molar-refractivity contribution is 0.386. The lowest BCUT2D eigenvalue weighted by atomic mass is 10.5. The van der Waals surface area contributed by atoms with Crippen LogP contribution in [-0.4, -0.2) is 25.1 Å². The highest BCUT2D eigenvalue weighted by atomic mass is 16.5. The Morgan fingerprint density at radius 2 is 2.33 bits per heavy atom. The fraction of sp³-hybridized carbons (Fsp3) is 0.167. The van der Waals surface area contributed by atoms with E-state index in [2.05, 4.69) is 19.9 Å². The highest BCUT2D eigenvalue weighted by Crippen LogP contribution is 2.14. The SMILES string of the molecule is Cc1nc2ncnc(NO)c2[nH]1. The Labute approximate surface area is 67.6 Å². The fourth-order valence-electron chi connectivity index (χ4n) is 1.03. The molecule has 2 rings (SSSR count). The van der Waals surface area contributed by atoms with Gasteiger partial charge in [0.05, 0.1) is 0 Å². The quantitative estimate of drug-likeness (QED) is 0.534. The van der Waals surface area contributed by atoms with Crippen LogP contribution in [0.4, 0.5) is 5.82 Å². The predicted octanol–water partition coefficient (Wildman–Crippen LogP) is 0.462. The van der Waals surface area contributed by atoms with Gasteiger partial charge in [0.1, 0.15) is 17.7 Å². The van der Waals surface area contributed by atoms with Gasteiger partial charge in [-0.25, -0.2) is 15.0 Å². The molecule has 0 unspecified atom stereocenters. The van der Waals surface area contributed by atoms with Gasteiger partial charge in [-0.05, 0) is 6.92 Å². The predicted molar refractivity (Wildman–Crippen MR) is 41.8 cm³/mol. The summed E-state index contributed by atoms with van der Waals surface area (Å²) in [4.78, 5) is 14.7. The van der Waals surface area contributed by atoms with Crippen LogP contribution in [0.5, 0.6) is 0 Å². The maximum Gasteiger partial charge on any atom is 0.183 e. The monoisotopic (exact) mass is 165 g/mol. The molecule has 0 spiro atoms. The van der Waals surface area contributed by atoms with E-state index >= 15 is 0 Å². The minimum absolute atomic E-state index is 0.334. The lowest BCUT2D eigenvalue weighted by Crippen LogP contribution is -1.94. The van der Waals surface area contributed by atoms with Crippen LogP contribution in [-0.2, 0) is 0 Å². The molecule has 0 atom stereocenters. The number of hydrogen-bond donors (Lipinski definition) is 3. The van der Waals surface area contributed by atoms with Gasteiger partial charge < -0.3 is 4.98 Å². The average Bonchev–Trinajstić information content (AvgIpc) is 2.44. The van der Waals surface area contributed by atoms with Gasteiger partial charge in [-0.2, -0.15) is 0 Å². The summed E-state index contributed by atoms with van der Waals surface area (Å²) in [6.45, 7) is 1.81. The van der Waals surface area contributed by atoms with E-state index in [9.17, 15) is 0 Å². The van der Waals surface area contributed by atoms with Crippen molar-refractivity contribution in [1.82, 2.24) is 19.9 Å². The van der Waals surface area contributed by atoms with E-state index in [1.807, 2.05) is 12.4 Å². The molecule has 0 bridgehead atoms. The number of imidazole rings is 1. The number of fused-ring (bicyclic) bond motifs is 1. The van der Waals surface area contributed by atoms with E-state index in [1.165, 1.54) is 6.33 Å². The number of H-pyrrole nitrogens is 1. The topological polar surface area (TPSA) is 86.7 Å². The van der Waals surface area contributed by atoms with Crippen molar-refractivity contribution in [3.63, 3.8) is 0 Å². The molecule has 0 amide bonds. The van der Waals surface area contributed by atoms with Crippen LogP contribution in [0.25, 0.3) is 11.2 Å². The summed E-state index contributed by atoms with van der Waals surface area (Å²) in [6.07, 6.45) is 1.33. The molecule has 12 heavy (non-hydrogen) atoms. The Morgan fingerprint density at radius 3 is 3.08 bits per heavy atom. The van der Waals surface area contributed by atoms with E-state index < -0.39 is 0 Å². The summed E-state index contributed by atoms with van der Waals surface area (Å²) in [5.41, 5.74) is 3.11. The highest BCUT2D eigenvalue weighted by molar-refractivity contribution is 5.81. The van der Waals surface area contributed by atoms with Gasteiger partial charge in [-0.3, -0.25) is 10.7 Å². The summed E-state index contributed by atoms with van der Waals surface area (Å²) in [6, 6.07) is 0. The number of anilines is 1. The number of aromatic nitrogens is 4. The molecule has 2 aromatic rings. The summed E-state index contributed by atoms with van der Waals surface area (Å²) in [5.74, 6) is 1.07. The Kier molecular flexibility index (Phi) is 1.41. The van der Waals surface area contributed by atoms with Gasteiger partial charge in [-0.15, -0.1) is 0 Å². The van der Waals surface area contributed by atoms with Crippen molar-refractivity contribution in [1.29, 1.82) is 0 Å². The van der Waals surface area contributed by atoms with Crippen molar-refractivity contribution in [3.05, 3.63) is 12.2 Å². The third kappa shape index (κ3) is 0.892. The van der Waals surface area contributed by atoms with E-state index in [-0.39, 0.29) is 0 Å². The number of nitrogens with zero attached hydrogens (tertiary/aromatic N) is 3. The maximum absolute atomic E-state index is 8.66. The Hall–Kier alpha value is -1.69. The van der Waals surface area contributed by atoms with Crippen LogP contribution in [0.2, 0.25) is 0 Å². The minimum atomic E-state index is 0.334. The van der Waals surface area contributed by atoms with Crippen molar-refractivity contribution in [2.24, 2.45) is 0 Å². The molecule has 0 saturated carbocycles. The normalized spacial score (nSPS) is 10.5. The first-order valence-electron chi connectivity index (χ1n) is 3.38. The molecule has 6 heteroatoms. The zero-order valence-electron chi connectivity index (χ0n) is 6.37. The molecule has 0 aromatic carbocycles. The molecule has 3 N–H and O–H groups in total. The Morgan fingerprint density at radius 1 is 1.50 bits per heavy atom. The number of nitrogens with one attached hydrogen (secondary N) is 2. The first-order chi connectivity index (χ1) is 5.81. The molecule has 2 heterocycles. The van der Waals surface area contributed by atoms with Crippen molar-refractivity contribution in [3.8, 4) is 0 Å². The molecular weight excluding hydrogens is 158 g/mol.